The summed E-state index contributed by atoms with van der Waals surface area (Å²) in [7, 11) is 0. The molecule has 1 aromatic rings. The fourth-order valence-electron chi connectivity index (χ4n) is 2.43. The van der Waals surface area contributed by atoms with Gasteiger partial charge in [0.05, 0.1) is 0 Å². The van der Waals surface area contributed by atoms with Gasteiger partial charge in [-0.05, 0) is 37.1 Å². The Morgan fingerprint density at radius 1 is 1.22 bits per heavy atom. The average Bonchev–Trinajstić information content (AvgIpc) is 2.37. The molecular weight excluding hydrogens is 248 g/mol. The smallest absolute Gasteiger partial charge is 0.137 e. The van der Waals surface area contributed by atoms with Gasteiger partial charge >= 0.3 is 0 Å². The second kappa shape index (κ2) is 6.41. The van der Waals surface area contributed by atoms with Gasteiger partial charge in [0, 0.05) is 5.02 Å². The summed E-state index contributed by atoms with van der Waals surface area (Å²) in [6, 6.07) is 4.04. The predicted molar refractivity (Wildman–Crippen MR) is 73.6 cm³/mol. The van der Waals surface area contributed by atoms with Crippen molar-refractivity contribution in [2.75, 3.05) is 39.3 Å². The monoisotopic (exact) mass is 270 g/mol. The average molecular weight is 271 g/mol. The molecule has 1 fully saturated rings. The molecule has 0 atom stereocenters. The van der Waals surface area contributed by atoms with Gasteiger partial charge in [-0.1, -0.05) is 11.6 Å². The van der Waals surface area contributed by atoms with E-state index in [2.05, 4.69) is 5.32 Å². The number of ether oxygens (including phenoxy) is 1. The number of benzene rings is 1. The van der Waals surface area contributed by atoms with E-state index in [1.54, 1.807) is 4.90 Å². The summed E-state index contributed by atoms with van der Waals surface area (Å²) in [5.41, 5.74) is 2.18. The minimum Gasteiger partial charge on any atom is -0.488 e. The van der Waals surface area contributed by atoms with Gasteiger partial charge in [0.25, 0.3) is 0 Å². The van der Waals surface area contributed by atoms with Crippen molar-refractivity contribution in [1.29, 1.82) is 0 Å². The number of aryl methyl sites for hydroxylation is 2. The molecule has 1 saturated heterocycles. The molecule has 0 radical (unpaired) electrons. The third-order valence-electron chi connectivity index (χ3n) is 3.54. The summed E-state index contributed by atoms with van der Waals surface area (Å²) in [6.45, 7) is 10.9. The van der Waals surface area contributed by atoms with E-state index in [0.29, 0.717) is 0 Å². The van der Waals surface area contributed by atoms with E-state index >= 15 is 0 Å². The molecule has 3 N–H and O–H groups in total. The Morgan fingerprint density at radius 3 is 2.44 bits per heavy atom. The second-order valence-electron chi connectivity index (χ2n) is 5.09. The highest BCUT2D eigenvalue weighted by Gasteiger charge is 2.15. The molecule has 4 heteroatoms. The lowest BCUT2D eigenvalue weighted by Gasteiger charge is -2.22. The molecule has 0 saturated carbocycles. The van der Waals surface area contributed by atoms with Crippen LogP contribution in [0.3, 0.4) is 0 Å². The highest BCUT2D eigenvalue weighted by molar-refractivity contribution is 6.32. The molecule has 1 aliphatic rings. The van der Waals surface area contributed by atoms with Crippen molar-refractivity contribution in [3.8, 4) is 5.75 Å². The SMILES string of the molecule is Cc1cc(OCC[NH+]2CC[NH2+]CC2)cc(C)c1Cl. The summed E-state index contributed by atoms with van der Waals surface area (Å²) < 4.78 is 5.84. The van der Waals surface area contributed by atoms with E-state index in [0.717, 1.165) is 35.1 Å². The van der Waals surface area contributed by atoms with Crippen LogP contribution in [-0.4, -0.2) is 39.3 Å². The van der Waals surface area contributed by atoms with Crippen LogP contribution in [0.2, 0.25) is 5.02 Å². The molecule has 100 valence electrons. The number of hydrogen-bond acceptors (Lipinski definition) is 1. The number of quaternary nitrogens is 2. The fourth-order valence-corrected chi connectivity index (χ4v) is 2.54. The van der Waals surface area contributed by atoms with Crippen LogP contribution in [0.5, 0.6) is 5.75 Å². The molecule has 0 aromatic heterocycles. The largest absolute Gasteiger partial charge is 0.488 e. The number of halogens is 1. The zero-order valence-corrected chi connectivity index (χ0v) is 12.0. The van der Waals surface area contributed by atoms with Gasteiger partial charge < -0.3 is 15.0 Å². The third kappa shape index (κ3) is 3.61. The molecule has 0 spiro atoms. The van der Waals surface area contributed by atoms with Gasteiger partial charge in [0.1, 0.15) is 45.1 Å². The molecule has 2 rings (SSSR count). The predicted octanol–water partition coefficient (Wildman–Crippen LogP) is -0.202. The normalized spacial score (nSPS) is 16.8. The fraction of sp³-hybridized carbons (Fsp3) is 0.571. The van der Waals surface area contributed by atoms with Crippen molar-refractivity contribution >= 4 is 11.6 Å². The highest BCUT2D eigenvalue weighted by atomic mass is 35.5. The van der Waals surface area contributed by atoms with Crippen LogP contribution >= 0.6 is 11.6 Å². The Morgan fingerprint density at radius 2 is 1.83 bits per heavy atom. The molecule has 18 heavy (non-hydrogen) atoms. The van der Waals surface area contributed by atoms with Crippen LogP contribution in [0.4, 0.5) is 0 Å². The van der Waals surface area contributed by atoms with Crippen LogP contribution in [0.1, 0.15) is 11.1 Å². The molecule has 0 aliphatic carbocycles. The lowest BCUT2D eigenvalue weighted by Crippen LogP contribution is -3.20. The number of piperazine rings is 1. The molecule has 0 bridgehead atoms. The third-order valence-corrected chi connectivity index (χ3v) is 4.13. The second-order valence-corrected chi connectivity index (χ2v) is 5.46. The number of hydrogen-bond donors (Lipinski definition) is 2. The van der Waals surface area contributed by atoms with Crippen LogP contribution in [0, 0.1) is 13.8 Å². The van der Waals surface area contributed by atoms with E-state index in [9.17, 15) is 0 Å². The van der Waals surface area contributed by atoms with Crippen LogP contribution in [0.15, 0.2) is 12.1 Å². The van der Waals surface area contributed by atoms with Crippen molar-refractivity contribution in [2.24, 2.45) is 0 Å². The lowest BCUT2D eigenvalue weighted by atomic mass is 10.1. The Balaban J connectivity index is 1.82. The number of nitrogens with one attached hydrogen (secondary N) is 1. The first-order valence-corrected chi connectivity index (χ1v) is 7.09. The van der Waals surface area contributed by atoms with E-state index in [1.165, 1.54) is 26.2 Å². The van der Waals surface area contributed by atoms with E-state index in [-0.39, 0.29) is 0 Å². The van der Waals surface area contributed by atoms with Crippen LogP contribution in [-0.2, 0) is 0 Å². The standard InChI is InChI=1S/C14H21ClN2O/c1-11-9-13(10-12(2)14(11)15)18-8-7-17-5-3-16-4-6-17/h9-10,16H,3-8H2,1-2H3/p+2. The highest BCUT2D eigenvalue weighted by Crippen LogP contribution is 2.25. The van der Waals surface area contributed by atoms with Crippen molar-refractivity contribution in [3.05, 3.63) is 28.3 Å². The van der Waals surface area contributed by atoms with E-state index < -0.39 is 0 Å². The van der Waals surface area contributed by atoms with Crippen LogP contribution in [0.25, 0.3) is 0 Å². The Labute approximate surface area is 114 Å². The first-order chi connectivity index (χ1) is 8.66. The molecule has 1 heterocycles. The molecule has 1 aromatic carbocycles. The van der Waals surface area contributed by atoms with Crippen molar-refractivity contribution in [3.63, 3.8) is 0 Å². The number of nitrogens with two attached hydrogens (primary N) is 1. The Kier molecular flexibility index (Phi) is 4.87. The van der Waals surface area contributed by atoms with E-state index in [1.807, 2.05) is 26.0 Å². The maximum absolute atomic E-state index is 6.14. The summed E-state index contributed by atoms with van der Waals surface area (Å²) in [5, 5.41) is 3.23. The summed E-state index contributed by atoms with van der Waals surface area (Å²) in [4.78, 5) is 1.65. The zero-order valence-electron chi connectivity index (χ0n) is 11.3. The first kappa shape index (κ1) is 13.7. The quantitative estimate of drug-likeness (QED) is 0.780. The topological polar surface area (TPSA) is 30.3 Å². The van der Waals surface area contributed by atoms with E-state index in [4.69, 9.17) is 16.3 Å². The Bertz CT molecular complexity index is 380. The summed E-state index contributed by atoms with van der Waals surface area (Å²) >= 11 is 6.14. The van der Waals surface area contributed by atoms with Crippen molar-refractivity contribution in [2.45, 2.75) is 13.8 Å². The van der Waals surface area contributed by atoms with Gasteiger partial charge in [0.15, 0.2) is 0 Å². The van der Waals surface area contributed by atoms with Crippen LogP contribution < -0.4 is 15.0 Å². The summed E-state index contributed by atoms with van der Waals surface area (Å²) in [5.74, 6) is 0.942. The number of rotatable bonds is 4. The van der Waals surface area contributed by atoms with Gasteiger partial charge in [0.2, 0.25) is 0 Å². The first-order valence-electron chi connectivity index (χ1n) is 6.71. The zero-order chi connectivity index (χ0) is 13.0. The minimum absolute atomic E-state index is 0.788. The molecule has 0 amide bonds. The minimum atomic E-state index is 0.788. The van der Waals surface area contributed by atoms with Gasteiger partial charge in [-0.25, -0.2) is 0 Å². The summed E-state index contributed by atoms with van der Waals surface area (Å²) in [6.07, 6.45) is 0. The van der Waals surface area contributed by atoms with Crippen molar-refractivity contribution in [1.82, 2.24) is 0 Å². The Hall–Kier alpha value is -0.770. The van der Waals surface area contributed by atoms with Gasteiger partial charge in [-0.2, -0.15) is 0 Å². The molecule has 3 nitrogen and oxygen atoms in total. The molecular formula is C14H23ClN2O+2. The van der Waals surface area contributed by atoms with Crippen molar-refractivity contribution < 1.29 is 15.0 Å². The molecule has 1 aliphatic heterocycles. The van der Waals surface area contributed by atoms with Gasteiger partial charge in [-0.15, -0.1) is 0 Å². The maximum atomic E-state index is 6.14. The van der Waals surface area contributed by atoms with Gasteiger partial charge in [-0.3, -0.25) is 0 Å². The molecule has 0 unspecified atom stereocenters. The maximum Gasteiger partial charge on any atom is 0.137 e. The lowest BCUT2D eigenvalue weighted by molar-refractivity contribution is -0.946.